The molecular formula is C13H20O2. The van der Waals surface area contributed by atoms with Crippen LogP contribution in [0.15, 0.2) is 22.8 Å². The summed E-state index contributed by atoms with van der Waals surface area (Å²) in [4.78, 5) is 0. The first kappa shape index (κ1) is 10.7. The van der Waals surface area contributed by atoms with E-state index < -0.39 is 5.60 Å². The number of rotatable bonds is 2. The van der Waals surface area contributed by atoms with Gasteiger partial charge in [0.1, 0.15) is 5.76 Å². The van der Waals surface area contributed by atoms with Gasteiger partial charge in [-0.1, -0.05) is 13.8 Å². The Morgan fingerprint density at radius 1 is 1.40 bits per heavy atom. The fourth-order valence-electron chi connectivity index (χ4n) is 3.12. The van der Waals surface area contributed by atoms with Crippen LogP contribution in [-0.4, -0.2) is 10.7 Å². The van der Waals surface area contributed by atoms with E-state index in [1.54, 1.807) is 6.26 Å². The summed E-state index contributed by atoms with van der Waals surface area (Å²) in [5, 5.41) is 10.5. The first-order valence-corrected chi connectivity index (χ1v) is 5.82. The molecule has 1 aliphatic carbocycles. The van der Waals surface area contributed by atoms with Crippen molar-refractivity contribution in [2.75, 3.05) is 0 Å². The third-order valence-corrected chi connectivity index (χ3v) is 3.34. The lowest BCUT2D eigenvalue weighted by atomic mass is 9.72. The van der Waals surface area contributed by atoms with E-state index in [9.17, 15) is 5.11 Å². The highest BCUT2D eigenvalue weighted by Gasteiger charge is 2.36. The molecule has 0 amide bonds. The van der Waals surface area contributed by atoms with Crippen molar-refractivity contribution in [1.82, 2.24) is 0 Å². The van der Waals surface area contributed by atoms with E-state index in [2.05, 4.69) is 13.8 Å². The summed E-state index contributed by atoms with van der Waals surface area (Å²) in [7, 11) is 0. The van der Waals surface area contributed by atoms with Crippen LogP contribution >= 0.6 is 0 Å². The maximum Gasteiger partial charge on any atom is 0.106 e. The van der Waals surface area contributed by atoms with E-state index in [0.29, 0.717) is 18.3 Å². The molecule has 1 fully saturated rings. The van der Waals surface area contributed by atoms with Gasteiger partial charge in [0, 0.05) is 6.42 Å². The summed E-state index contributed by atoms with van der Waals surface area (Å²) < 4.78 is 5.31. The average Bonchev–Trinajstić information content (AvgIpc) is 2.52. The maximum atomic E-state index is 10.5. The van der Waals surface area contributed by atoms with Gasteiger partial charge in [0.25, 0.3) is 0 Å². The number of hydrogen-bond acceptors (Lipinski definition) is 2. The van der Waals surface area contributed by atoms with Gasteiger partial charge in [-0.2, -0.15) is 0 Å². The molecule has 2 unspecified atom stereocenters. The lowest BCUT2D eigenvalue weighted by Crippen LogP contribution is -2.39. The van der Waals surface area contributed by atoms with Crippen molar-refractivity contribution in [3.05, 3.63) is 24.2 Å². The van der Waals surface area contributed by atoms with Crippen molar-refractivity contribution < 1.29 is 9.52 Å². The van der Waals surface area contributed by atoms with Crippen LogP contribution in [-0.2, 0) is 6.42 Å². The number of aliphatic hydroxyl groups is 1. The van der Waals surface area contributed by atoms with Gasteiger partial charge < -0.3 is 9.52 Å². The zero-order chi connectivity index (χ0) is 10.9. The fourth-order valence-corrected chi connectivity index (χ4v) is 3.12. The monoisotopic (exact) mass is 208 g/mol. The highest BCUT2D eigenvalue weighted by molar-refractivity contribution is 5.04. The predicted octanol–water partition coefficient (Wildman–Crippen LogP) is 3.01. The first-order valence-electron chi connectivity index (χ1n) is 5.82. The normalized spacial score (nSPS) is 36.7. The van der Waals surface area contributed by atoms with Gasteiger partial charge >= 0.3 is 0 Å². The summed E-state index contributed by atoms with van der Waals surface area (Å²) >= 11 is 0. The summed E-state index contributed by atoms with van der Waals surface area (Å²) in [6, 6.07) is 3.83. The Bertz CT molecular complexity index is 292. The Balaban J connectivity index is 2.05. The zero-order valence-corrected chi connectivity index (χ0v) is 9.57. The van der Waals surface area contributed by atoms with Gasteiger partial charge in [0.2, 0.25) is 0 Å². The van der Waals surface area contributed by atoms with E-state index in [0.717, 1.165) is 18.6 Å². The third-order valence-electron chi connectivity index (χ3n) is 3.34. The summed E-state index contributed by atoms with van der Waals surface area (Å²) in [5.74, 6) is 2.14. The zero-order valence-electron chi connectivity index (χ0n) is 9.57. The molecule has 2 atom stereocenters. The largest absolute Gasteiger partial charge is 0.469 e. The van der Waals surface area contributed by atoms with Gasteiger partial charge in [-0.05, 0) is 43.2 Å². The van der Waals surface area contributed by atoms with E-state index >= 15 is 0 Å². The molecule has 1 N–H and O–H groups in total. The Hall–Kier alpha value is -0.760. The van der Waals surface area contributed by atoms with Crippen LogP contribution < -0.4 is 0 Å². The van der Waals surface area contributed by atoms with Crippen molar-refractivity contribution >= 4 is 0 Å². The Morgan fingerprint density at radius 2 is 2.07 bits per heavy atom. The molecule has 2 rings (SSSR count). The second kappa shape index (κ2) is 4.01. The minimum atomic E-state index is -0.547. The Kier molecular flexibility index (Phi) is 2.87. The molecule has 2 heteroatoms. The quantitative estimate of drug-likeness (QED) is 0.810. The highest BCUT2D eigenvalue weighted by atomic mass is 16.3. The average molecular weight is 208 g/mol. The van der Waals surface area contributed by atoms with Crippen LogP contribution in [0, 0.1) is 11.8 Å². The molecule has 1 aromatic heterocycles. The molecule has 1 aromatic rings. The van der Waals surface area contributed by atoms with Crippen LogP contribution in [0.5, 0.6) is 0 Å². The van der Waals surface area contributed by atoms with Crippen LogP contribution in [0.4, 0.5) is 0 Å². The Labute approximate surface area is 91.3 Å². The molecule has 15 heavy (non-hydrogen) atoms. The molecule has 1 heterocycles. The molecule has 0 radical (unpaired) electrons. The molecule has 0 saturated heterocycles. The lowest BCUT2D eigenvalue weighted by Gasteiger charge is -2.38. The van der Waals surface area contributed by atoms with Gasteiger partial charge in [-0.15, -0.1) is 0 Å². The Morgan fingerprint density at radius 3 is 2.60 bits per heavy atom. The molecule has 2 nitrogen and oxygen atoms in total. The lowest BCUT2D eigenvalue weighted by molar-refractivity contribution is -0.0338. The van der Waals surface area contributed by atoms with Crippen molar-refractivity contribution in [3.63, 3.8) is 0 Å². The maximum absolute atomic E-state index is 10.5. The third kappa shape index (κ3) is 2.63. The minimum absolute atomic E-state index is 0.547. The molecule has 0 bridgehead atoms. The standard InChI is InChI=1S/C13H20O2/c1-10-6-11(2)8-13(14,7-10)9-12-4-3-5-15-12/h3-5,10-11,14H,6-9H2,1-2H3. The van der Waals surface area contributed by atoms with Crippen LogP contribution in [0.3, 0.4) is 0 Å². The van der Waals surface area contributed by atoms with Crippen LogP contribution in [0.1, 0.15) is 38.9 Å². The van der Waals surface area contributed by atoms with Gasteiger partial charge in [0.15, 0.2) is 0 Å². The summed E-state index contributed by atoms with van der Waals surface area (Å²) in [5.41, 5.74) is -0.547. The second-order valence-electron chi connectivity index (χ2n) is 5.33. The van der Waals surface area contributed by atoms with Gasteiger partial charge in [-0.3, -0.25) is 0 Å². The molecule has 1 saturated carbocycles. The molecule has 0 aromatic carbocycles. The predicted molar refractivity (Wildman–Crippen MR) is 59.5 cm³/mol. The van der Waals surface area contributed by atoms with Crippen molar-refractivity contribution in [3.8, 4) is 0 Å². The van der Waals surface area contributed by atoms with Crippen molar-refractivity contribution in [1.29, 1.82) is 0 Å². The van der Waals surface area contributed by atoms with E-state index in [1.165, 1.54) is 6.42 Å². The van der Waals surface area contributed by atoms with Crippen LogP contribution in [0.2, 0.25) is 0 Å². The van der Waals surface area contributed by atoms with E-state index in [-0.39, 0.29) is 0 Å². The van der Waals surface area contributed by atoms with Gasteiger partial charge in [0.05, 0.1) is 11.9 Å². The SMILES string of the molecule is CC1CC(C)CC(O)(Cc2ccco2)C1. The van der Waals surface area contributed by atoms with Crippen molar-refractivity contribution in [2.24, 2.45) is 11.8 Å². The van der Waals surface area contributed by atoms with E-state index in [1.807, 2.05) is 12.1 Å². The van der Waals surface area contributed by atoms with Gasteiger partial charge in [-0.25, -0.2) is 0 Å². The smallest absolute Gasteiger partial charge is 0.106 e. The number of hydrogen-bond donors (Lipinski definition) is 1. The first-order chi connectivity index (χ1) is 7.07. The van der Waals surface area contributed by atoms with Crippen LogP contribution in [0.25, 0.3) is 0 Å². The molecule has 84 valence electrons. The minimum Gasteiger partial charge on any atom is -0.469 e. The molecule has 1 aliphatic rings. The van der Waals surface area contributed by atoms with Crippen molar-refractivity contribution in [2.45, 2.75) is 45.1 Å². The summed E-state index contributed by atoms with van der Waals surface area (Å²) in [6.45, 7) is 4.45. The molecule has 0 spiro atoms. The highest BCUT2D eigenvalue weighted by Crippen LogP contribution is 2.37. The number of furan rings is 1. The fraction of sp³-hybridized carbons (Fsp3) is 0.692. The topological polar surface area (TPSA) is 33.4 Å². The molecule has 0 aliphatic heterocycles. The molecular weight excluding hydrogens is 188 g/mol. The van der Waals surface area contributed by atoms with E-state index in [4.69, 9.17) is 4.42 Å². The summed E-state index contributed by atoms with van der Waals surface area (Å²) in [6.07, 6.45) is 5.37. The second-order valence-corrected chi connectivity index (χ2v) is 5.33.